The van der Waals surface area contributed by atoms with E-state index in [4.69, 9.17) is 22.9 Å². The molecule has 0 spiro atoms. The van der Waals surface area contributed by atoms with Gasteiger partial charge in [0.15, 0.2) is 0 Å². The zero-order valence-corrected chi connectivity index (χ0v) is 6.38. The minimum atomic E-state index is 0. The van der Waals surface area contributed by atoms with Gasteiger partial charge in [0, 0.05) is 43.2 Å². The molecule has 0 saturated carbocycles. The maximum absolute atomic E-state index is 4.90. The van der Waals surface area contributed by atoms with Crippen LogP contribution >= 0.6 is 0 Å². The van der Waals surface area contributed by atoms with Crippen LogP contribution in [0.1, 0.15) is 0 Å². The molecular weight excluding hydrogens is 168 g/mol. The summed E-state index contributed by atoms with van der Waals surface area (Å²) in [6, 6.07) is 0. The molecular formula is C4H16CuN4. The van der Waals surface area contributed by atoms with E-state index in [0.717, 1.165) is 0 Å². The van der Waals surface area contributed by atoms with Gasteiger partial charge in [0.1, 0.15) is 0 Å². The van der Waals surface area contributed by atoms with E-state index < -0.39 is 0 Å². The average Bonchev–Trinajstić information content (AvgIpc) is 1.88. The number of hydrogen-bond acceptors (Lipinski definition) is 4. The van der Waals surface area contributed by atoms with Gasteiger partial charge in [-0.05, 0) is 0 Å². The summed E-state index contributed by atoms with van der Waals surface area (Å²) in [5.41, 5.74) is 19.6. The van der Waals surface area contributed by atoms with Crippen molar-refractivity contribution in [3.8, 4) is 0 Å². The van der Waals surface area contributed by atoms with Crippen LogP contribution in [0.25, 0.3) is 0 Å². The molecule has 0 aromatic rings. The second kappa shape index (κ2) is 23.8. The second-order valence-electron chi connectivity index (χ2n) is 1.15. The van der Waals surface area contributed by atoms with E-state index in [-0.39, 0.29) is 17.1 Å². The molecule has 0 amide bonds. The van der Waals surface area contributed by atoms with Crippen molar-refractivity contribution in [1.29, 1.82) is 0 Å². The van der Waals surface area contributed by atoms with Gasteiger partial charge in [-0.2, -0.15) is 0 Å². The molecule has 0 aliphatic carbocycles. The fourth-order valence-electron chi connectivity index (χ4n) is 0. The minimum Gasteiger partial charge on any atom is -0.329 e. The smallest absolute Gasteiger partial charge is 0.00461 e. The van der Waals surface area contributed by atoms with Gasteiger partial charge in [-0.15, -0.1) is 0 Å². The summed E-state index contributed by atoms with van der Waals surface area (Å²) in [4.78, 5) is 0. The largest absolute Gasteiger partial charge is 0.329 e. The normalized spacial score (nSPS) is 6.67. The standard InChI is InChI=1S/2C2H8N2.Cu/c2*3-1-2-4;/h2*1-4H2;. The maximum atomic E-state index is 4.90. The Labute approximate surface area is 66.8 Å². The van der Waals surface area contributed by atoms with Crippen molar-refractivity contribution in [3.05, 3.63) is 0 Å². The van der Waals surface area contributed by atoms with Crippen molar-refractivity contribution < 1.29 is 17.1 Å². The third kappa shape index (κ3) is 60.7. The Hall–Kier alpha value is 0.359. The van der Waals surface area contributed by atoms with Gasteiger partial charge in [0.25, 0.3) is 0 Å². The molecule has 0 fully saturated rings. The molecule has 0 aliphatic rings. The third-order valence-corrected chi connectivity index (χ3v) is 0.333. The number of nitrogens with two attached hydrogens (primary N) is 4. The first kappa shape index (κ1) is 16.2. The van der Waals surface area contributed by atoms with Crippen LogP contribution in [0.15, 0.2) is 0 Å². The number of hydrogen-bond donors (Lipinski definition) is 4. The van der Waals surface area contributed by atoms with Crippen molar-refractivity contribution >= 4 is 0 Å². The van der Waals surface area contributed by atoms with Crippen LogP contribution < -0.4 is 22.9 Å². The Kier molecular flexibility index (Phi) is 42.8. The summed E-state index contributed by atoms with van der Waals surface area (Å²) in [6.07, 6.45) is 0. The van der Waals surface area contributed by atoms with Crippen molar-refractivity contribution in [1.82, 2.24) is 0 Å². The Morgan fingerprint density at radius 3 is 0.667 bits per heavy atom. The molecule has 0 aliphatic heterocycles. The summed E-state index contributed by atoms with van der Waals surface area (Å²) in [5, 5.41) is 0. The van der Waals surface area contributed by atoms with Crippen LogP contribution in [0, 0.1) is 0 Å². The third-order valence-electron chi connectivity index (χ3n) is 0.333. The SMILES string of the molecule is NCCN.NCCN.[Cu]. The molecule has 0 bridgehead atoms. The zero-order valence-electron chi connectivity index (χ0n) is 5.44. The number of rotatable bonds is 2. The van der Waals surface area contributed by atoms with Crippen molar-refractivity contribution in [2.45, 2.75) is 0 Å². The Morgan fingerprint density at radius 1 is 0.556 bits per heavy atom. The molecule has 63 valence electrons. The Morgan fingerprint density at radius 2 is 0.667 bits per heavy atom. The first-order chi connectivity index (χ1) is 3.83. The summed E-state index contributed by atoms with van der Waals surface area (Å²) in [7, 11) is 0. The molecule has 8 N–H and O–H groups in total. The van der Waals surface area contributed by atoms with E-state index in [1.165, 1.54) is 0 Å². The van der Waals surface area contributed by atoms with E-state index in [0.29, 0.717) is 26.2 Å². The molecule has 0 aromatic heterocycles. The molecule has 0 aromatic carbocycles. The quantitative estimate of drug-likeness (QED) is 0.365. The van der Waals surface area contributed by atoms with E-state index in [1.54, 1.807) is 0 Å². The Bertz CT molecular complexity index is 20.5. The van der Waals surface area contributed by atoms with Gasteiger partial charge >= 0.3 is 0 Å². The molecule has 0 heterocycles. The molecule has 5 heteroatoms. The van der Waals surface area contributed by atoms with Crippen LogP contribution in [-0.4, -0.2) is 26.2 Å². The van der Waals surface area contributed by atoms with Crippen molar-refractivity contribution in [2.75, 3.05) is 26.2 Å². The molecule has 0 unspecified atom stereocenters. The zero-order chi connectivity index (χ0) is 6.83. The van der Waals surface area contributed by atoms with Crippen molar-refractivity contribution in [2.24, 2.45) is 22.9 Å². The van der Waals surface area contributed by atoms with Crippen LogP contribution in [0.4, 0.5) is 0 Å². The molecule has 4 nitrogen and oxygen atoms in total. The first-order valence-corrected chi connectivity index (χ1v) is 2.63. The molecule has 0 saturated heterocycles. The fourth-order valence-corrected chi connectivity index (χ4v) is 0. The molecule has 1 radical (unpaired) electrons. The van der Waals surface area contributed by atoms with Gasteiger partial charge in [0.2, 0.25) is 0 Å². The van der Waals surface area contributed by atoms with Crippen molar-refractivity contribution in [3.63, 3.8) is 0 Å². The van der Waals surface area contributed by atoms with Crippen LogP contribution in [0.3, 0.4) is 0 Å². The molecule has 9 heavy (non-hydrogen) atoms. The van der Waals surface area contributed by atoms with E-state index in [2.05, 4.69) is 0 Å². The second-order valence-corrected chi connectivity index (χ2v) is 1.15. The van der Waals surface area contributed by atoms with Gasteiger partial charge in [-0.1, -0.05) is 0 Å². The van der Waals surface area contributed by atoms with Gasteiger partial charge in [0.05, 0.1) is 0 Å². The predicted octanol–water partition coefficient (Wildman–Crippen LogP) is -2.19. The first-order valence-electron chi connectivity index (χ1n) is 2.63. The van der Waals surface area contributed by atoms with Crippen LogP contribution in [-0.2, 0) is 17.1 Å². The summed E-state index contributed by atoms with van der Waals surface area (Å²) in [5.74, 6) is 0. The topological polar surface area (TPSA) is 104 Å². The van der Waals surface area contributed by atoms with E-state index >= 15 is 0 Å². The van der Waals surface area contributed by atoms with Gasteiger partial charge < -0.3 is 22.9 Å². The van der Waals surface area contributed by atoms with Crippen LogP contribution in [0.2, 0.25) is 0 Å². The average molecular weight is 184 g/mol. The van der Waals surface area contributed by atoms with E-state index in [9.17, 15) is 0 Å². The summed E-state index contributed by atoms with van der Waals surface area (Å²) in [6.45, 7) is 2.39. The molecule has 0 atom stereocenters. The maximum Gasteiger partial charge on any atom is 0.00461 e. The van der Waals surface area contributed by atoms with Crippen LogP contribution in [0.5, 0.6) is 0 Å². The van der Waals surface area contributed by atoms with E-state index in [1.807, 2.05) is 0 Å². The molecule has 0 rings (SSSR count). The van der Waals surface area contributed by atoms with Gasteiger partial charge in [-0.25, -0.2) is 0 Å². The Balaban J connectivity index is -0.0000000720. The summed E-state index contributed by atoms with van der Waals surface area (Å²) < 4.78 is 0. The van der Waals surface area contributed by atoms with Gasteiger partial charge in [-0.3, -0.25) is 0 Å². The fraction of sp³-hybridized carbons (Fsp3) is 1.00. The monoisotopic (exact) mass is 183 g/mol. The minimum absolute atomic E-state index is 0. The summed E-state index contributed by atoms with van der Waals surface area (Å²) >= 11 is 0. The predicted molar refractivity (Wildman–Crippen MR) is 36.2 cm³/mol.